The number of nitrogens with one attached hydrogen (secondary N) is 1. The monoisotopic (exact) mass is 286 g/mol. The van der Waals surface area contributed by atoms with Gasteiger partial charge in [-0.2, -0.15) is 5.10 Å². The van der Waals surface area contributed by atoms with Crippen LogP contribution >= 0.6 is 0 Å². The normalized spacial score (nSPS) is 12.9. The van der Waals surface area contributed by atoms with Crippen LogP contribution in [-0.4, -0.2) is 27.4 Å². The van der Waals surface area contributed by atoms with E-state index >= 15 is 0 Å². The molecule has 1 N–H and O–H groups in total. The van der Waals surface area contributed by atoms with E-state index in [1.54, 1.807) is 0 Å². The summed E-state index contributed by atoms with van der Waals surface area (Å²) in [7, 11) is 0. The summed E-state index contributed by atoms with van der Waals surface area (Å²) in [4.78, 5) is 4.34. The zero-order valence-corrected chi connectivity index (χ0v) is 13.7. The molecule has 0 saturated carbocycles. The van der Waals surface area contributed by atoms with Gasteiger partial charge in [-0.1, -0.05) is 45.0 Å². The second-order valence-corrected chi connectivity index (χ2v) is 6.07. The minimum atomic E-state index is 0.525. The Kier molecular flexibility index (Phi) is 5.12. The molecule has 1 aromatic heterocycles. The summed E-state index contributed by atoms with van der Waals surface area (Å²) in [6.45, 7) is 12.3. The average Bonchev–Trinajstić information content (AvgIpc) is 2.75. The van der Waals surface area contributed by atoms with Crippen LogP contribution < -0.4 is 5.32 Å². The third-order valence-corrected chi connectivity index (χ3v) is 3.68. The van der Waals surface area contributed by atoms with E-state index in [0.29, 0.717) is 12.0 Å². The van der Waals surface area contributed by atoms with Crippen LogP contribution in [0.1, 0.15) is 49.5 Å². The molecule has 2 rings (SSSR count). The molecule has 1 unspecified atom stereocenters. The maximum Gasteiger partial charge on any atom is 0.147 e. The first-order valence-corrected chi connectivity index (χ1v) is 7.66. The van der Waals surface area contributed by atoms with Crippen LogP contribution in [0.2, 0.25) is 0 Å². The lowest BCUT2D eigenvalue weighted by molar-refractivity contribution is 0.548. The Bertz CT molecular complexity index is 569. The summed E-state index contributed by atoms with van der Waals surface area (Å²) in [5.74, 6) is 2.32. The number of rotatable bonds is 6. The third-order valence-electron chi connectivity index (χ3n) is 3.68. The SMILES string of the molecule is Cc1nc(C)n(Cc2ccc(C(C)CNC(C)C)cc2)n1. The second-order valence-electron chi connectivity index (χ2n) is 6.07. The van der Waals surface area contributed by atoms with Gasteiger partial charge < -0.3 is 5.32 Å². The van der Waals surface area contributed by atoms with Gasteiger partial charge in [0.05, 0.1) is 6.54 Å². The number of hydrogen-bond acceptors (Lipinski definition) is 3. The molecule has 0 bridgehead atoms. The molecule has 0 fully saturated rings. The molecule has 1 heterocycles. The molecule has 0 radical (unpaired) electrons. The van der Waals surface area contributed by atoms with Gasteiger partial charge >= 0.3 is 0 Å². The first-order chi connectivity index (χ1) is 9.95. The van der Waals surface area contributed by atoms with E-state index < -0.39 is 0 Å². The molecule has 0 spiro atoms. The Morgan fingerprint density at radius 3 is 2.29 bits per heavy atom. The smallest absolute Gasteiger partial charge is 0.147 e. The molecule has 0 amide bonds. The Hall–Kier alpha value is -1.68. The van der Waals surface area contributed by atoms with Crippen LogP contribution in [0.15, 0.2) is 24.3 Å². The van der Waals surface area contributed by atoms with Crippen molar-refractivity contribution in [2.45, 2.75) is 53.1 Å². The molecule has 0 saturated heterocycles. The molecule has 1 aromatic carbocycles. The summed E-state index contributed by atoms with van der Waals surface area (Å²) in [6.07, 6.45) is 0. The highest BCUT2D eigenvalue weighted by atomic mass is 15.3. The van der Waals surface area contributed by atoms with E-state index in [2.05, 4.69) is 60.4 Å². The van der Waals surface area contributed by atoms with E-state index in [9.17, 15) is 0 Å². The largest absolute Gasteiger partial charge is 0.314 e. The number of nitrogens with zero attached hydrogens (tertiary/aromatic N) is 3. The lowest BCUT2D eigenvalue weighted by Crippen LogP contribution is -2.26. The molecule has 21 heavy (non-hydrogen) atoms. The van der Waals surface area contributed by atoms with Crippen LogP contribution in [0, 0.1) is 13.8 Å². The van der Waals surface area contributed by atoms with Crippen molar-refractivity contribution in [3.05, 3.63) is 47.0 Å². The lowest BCUT2D eigenvalue weighted by atomic mass is 9.99. The van der Waals surface area contributed by atoms with Crippen molar-refractivity contribution in [2.24, 2.45) is 0 Å². The molecule has 4 heteroatoms. The average molecular weight is 286 g/mol. The predicted molar refractivity (Wildman–Crippen MR) is 86.6 cm³/mol. The Morgan fingerprint density at radius 1 is 1.10 bits per heavy atom. The Labute approximate surface area is 127 Å². The summed E-state index contributed by atoms with van der Waals surface area (Å²) in [5.41, 5.74) is 2.63. The first kappa shape index (κ1) is 15.7. The van der Waals surface area contributed by atoms with Gasteiger partial charge in [-0.3, -0.25) is 0 Å². The molecular formula is C17H26N4. The summed E-state index contributed by atoms with van der Waals surface area (Å²) in [6, 6.07) is 9.36. The summed E-state index contributed by atoms with van der Waals surface area (Å²) >= 11 is 0. The van der Waals surface area contributed by atoms with Gasteiger partial charge in [0, 0.05) is 12.6 Å². The van der Waals surface area contributed by atoms with Crippen molar-refractivity contribution >= 4 is 0 Å². The second kappa shape index (κ2) is 6.85. The van der Waals surface area contributed by atoms with Crippen molar-refractivity contribution in [3.63, 3.8) is 0 Å². The zero-order valence-electron chi connectivity index (χ0n) is 13.7. The molecular weight excluding hydrogens is 260 g/mol. The highest BCUT2D eigenvalue weighted by molar-refractivity contribution is 5.25. The summed E-state index contributed by atoms with van der Waals surface area (Å²) in [5, 5.41) is 7.89. The molecule has 114 valence electrons. The van der Waals surface area contributed by atoms with Gasteiger partial charge in [0.2, 0.25) is 0 Å². The minimum Gasteiger partial charge on any atom is -0.314 e. The van der Waals surface area contributed by atoms with Gasteiger partial charge in [-0.05, 0) is 30.9 Å². The van der Waals surface area contributed by atoms with E-state index in [1.807, 2.05) is 18.5 Å². The fourth-order valence-electron chi connectivity index (χ4n) is 2.37. The van der Waals surface area contributed by atoms with E-state index in [1.165, 1.54) is 11.1 Å². The molecule has 0 aliphatic heterocycles. The van der Waals surface area contributed by atoms with Gasteiger partial charge in [0.15, 0.2) is 0 Å². The topological polar surface area (TPSA) is 42.7 Å². The molecule has 0 aliphatic carbocycles. The standard InChI is InChI=1S/C17H26N4/c1-12(2)18-10-13(3)17-8-6-16(7-9-17)11-21-15(5)19-14(4)20-21/h6-9,12-13,18H,10-11H2,1-5H3. The van der Waals surface area contributed by atoms with Crippen molar-refractivity contribution in [2.75, 3.05) is 6.54 Å². The molecule has 0 aliphatic rings. The number of aryl methyl sites for hydroxylation is 2. The first-order valence-electron chi connectivity index (χ1n) is 7.66. The van der Waals surface area contributed by atoms with Gasteiger partial charge in [-0.25, -0.2) is 9.67 Å². The van der Waals surface area contributed by atoms with Crippen molar-refractivity contribution < 1.29 is 0 Å². The predicted octanol–water partition coefficient (Wildman–Crippen LogP) is 3.04. The van der Waals surface area contributed by atoms with Crippen LogP contribution in [0.3, 0.4) is 0 Å². The van der Waals surface area contributed by atoms with Gasteiger partial charge in [-0.15, -0.1) is 0 Å². The minimum absolute atomic E-state index is 0.525. The van der Waals surface area contributed by atoms with E-state index in [0.717, 1.165) is 24.7 Å². The molecule has 2 aromatic rings. The van der Waals surface area contributed by atoms with E-state index in [4.69, 9.17) is 0 Å². The van der Waals surface area contributed by atoms with E-state index in [-0.39, 0.29) is 0 Å². The van der Waals surface area contributed by atoms with Crippen molar-refractivity contribution in [1.29, 1.82) is 0 Å². The Morgan fingerprint density at radius 2 is 1.76 bits per heavy atom. The number of hydrogen-bond donors (Lipinski definition) is 1. The van der Waals surface area contributed by atoms with Gasteiger partial charge in [0.1, 0.15) is 11.6 Å². The quantitative estimate of drug-likeness (QED) is 0.887. The van der Waals surface area contributed by atoms with Crippen LogP contribution in [0.25, 0.3) is 0 Å². The lowest BCUT2D eigenvalue weighted by Gasteiger charge is -2.15. The fraction of sp³-hybridized carbons (Fsp3) is 0.529. The van der Waals surface area contributed by atoms with Crippen LogP contribution in [-0.2, 0) is 6.54 Å². The highest BCUT2D eigenvalue weighted by Crippen LogP contribution is 2.16. The number of aromatic nitrogens is 3. The molecule has 4 nitrogen and oxygen atoms in total. The van der Waals surface area contributed by atoms with Crippen LogP contribution in [0.5, 0.6) is 0 Å². The highest BCUT2D eigenvalue weighted by Gasteiger charge is 2.07. The Balaban J connectivity index is 2.00. The molecule has 1 atom stereocenters. The zero-order chi connectivity index (χ0) is 15.4. The fourth-order valence-corrected chi connectivity index (χ4v) is 2.37. The van der Waals surface area contributed by atoms with Crippen LogP contribution in [0.4, 0.5) is 0 Å². The van der Waals surface area contributed by atoms with Crippen molar-refractivity contribution in [3.8, 4) is 0 Å². The van der Waals surface area contributed by atoms with Gasteiger partial charge in [0.25, 0.3) is 0 Å². The summed E-state index contributed by atoms with van der Waals surface area (Å²) < 4.78 is 1.95. The maximum atomic E-state index is 4.41. The number of benzene rings is 1. The van der Waals surface area contributed by atoms with Crippen molar-refractivity contribution in [1.82, 2.24) is 20.1 Å². The third kappa shape index (κ3) is 4.39. The maximum absolute atomic E-state index is 4.41.